The molecule has 6 heteroatoms. The molecule has 2 aromatic carbocycles. The summed E-state index contributed by atoms with van der Waals surface area (Å²) in [5.74, 6) is -0.882. The Kier molecular flexibility index (Phi) is 6.39. The largest absolute Gasteiger partial charge is 0.367 e. The van der Waals surface area contributed by atoms with Gasteiger partial charge in [0.25, 0.3) is 0 Å². The number of halogens is 3. The van der Waals surface area contributed by atoms with Gasteiger partial charge in [0.15, 0.2) is 0 Å². The minimum Gasteiger partial charge on any atom is -0.367 e. The predicted octanol–water partition coefficient (Wildman–Crippen LogP) is 4.53. The summed E-state index contributed by atoms with van der Waals surface area (Å²) in [5.41, 5.74) is 1.45. The van der Waals surface area contributed by atoms with Crippen LogP contribution in [0.1, 0.15) is 24.1 Å². The van der Waals surface area contributed by atoms with Crippen molar-refractivity contribution >= 4 is 29.1 Å². The highest BCUT2D eigenvalue weighted by atomic mass is 35.5. The van der Waals surface area contributed by atoms with Gasteiger partial charge in [-0.3, -0.25) is 4.79 Å². The average Bonchev–Trinajstić information content (AvgIpc) is 2.51. The van der Waals surface area contributed by atoms with Gasteiger partial charge >= 0.3 is 0 Å². The predicted molar refractivity (Wildman–Crippen MR) is 89.1 cm³/mol. The Hall–Kier alpha value is -1.62. The SMILES string of the molecule is CC(NC(=O)COCc1ccccc1)c1cc(F)c(Cl)cc1Cl. The summed E-state index contributed by atoms with van der Waals surface area (Å²) in [4.78, 5) is 11.9. The first-order valence-electron chi connectivity index (χ1n) is 7.03. The fourth-order valence-electron chi connectivity index (χ4n) is 2.07. The molecule has 122 valence electrons. The zero-order valence-electron chi connectivity index (χ0n) is 12.5. The summed E-state index contributed by atoms with van der Waals surface area (Å²) in [6, 6.07) is 11.6. The molecular weight excluding hydrogens is 340 g/mol. The topological polar surface area (TPSA) is 38.3 Å². The monoisotopic (exact) mass is 355 g/mol. The van der Waals surface area contributed by atoms with Gasteiger partial charge in [0.05, 0.1) is 17.7 Å². The van der Waals surface area contributed by atoms with Gasteiger partial charge in [-0.15, -0.1) is 0 Å². The molecule has 0 aliphatic heterocycles. The minimum absolute atomic E-state index is 0.0523. The van der Waals surface area contributed by atoms with E-state index in [1.807, 2.05) is 30.3 Å². The molecule has 1 atom stereocenters. The van der Waals surface area contributed by atoms with Gasteiger partial charge in [-0.25, -0.2) is 4.39 Å². The van der Waals surface area contributed by atoms with E-state index in [1.54, 1.807) is 6.92 Å². The van der Waals surface area contributed by atoms with Crippen LogP contribution in [0.5, 0.6) is 0 Å². The highest BCUT2D eigenvalue weighted by Gasteiger charge is 2.15. The number of carbonyl (C=O) groups excluding carboxylic acids is 1. The van der Waals surface area contributed by atoms with E-state index >= 15 is 0 Å². The van der Waals surface area contributed by atoms with Crippen LogP contribution in [0, 0.1) is 5.82 Å². The minimum atomic E-state index is -0.576. The highest BCUT2D eigenvalue weighted by Crippen LogP contribution is 2.28. The van der Waals surface area contributed by atoms with Crippen molar-refractivity contribution in [3.8, 4) is 0 Å². The molecule has 0 saturated carbocycles. The number of carbonyl (C=O) groups is 1. The molecule has 1 amide bonds. The Morgan fingerprint density at radius 1 is 1.22 bits per heavy atom. The maximum atomic E-state index is 13.5. The molecule has 0 aliphatic carbocycles. The standard InChI is InChI=1S/C17H16Cl2FNO2/c1-11(13-7-16(20)15(19)8-14(13)18)21-17(22)10-23-9-12-5-3-2-4-6-12/h2-8,11H,9-10H2,1H3,(H,21,22). The van der Waals surface area contributed by atoms with Gasteiger partial charge in [0.1, 0.15) is 12.4 Å². The smallest absolute Gasteiger partial charge is 0.246 e. The Balaban J connectivity index is 1.86. The summed E-state index contributed by atoms with van der Waals surface area (Å²) in [6.45, 7) is 1.97. The zero-order valence-corrected chi connectivity index (χ0v) is 14.0. The van der Waals surface area contributed by atoms with Crippen molar-refractivity contribution in [2.45, 2.75) is 19.6 Å². The number of hydrogen-bond donors (Lipinski definition) is 1. The van der Waals surface area contributed by atoms with E-state index in [1.165, 1.54) is 12.1 Å². The number of nitrogens with one attached hydrogen (secondary N) is 1. The van der Waals surface area contributed by atoms with Gasteiger partial charge in [-0.1, -0.05) is 53.5 Å². The summed E-state index contributed by atoms with van der Waals surface area (Å²) in [5, 5.41) is 2.96. The number of ether oxygens (including phenoxy) is 1. The lowest BCUT2D eigenvalue weighted by Gasteiger charge is -2.16. The van der Waals surface area contributed by atoms with Crippen molar-refractivity contribution in [3.63, 3.8) is 0 Å². The molecule has 0 saturated heterocycles. The molecule has 3 nitrogen and oxygen atoms in total. The second-order valence-corrected chi connectivity index (χ2v) is 5.87. The third-order valence-electron chi connectivity index (χ3n) is 3.23. The van der Waals surface area contributed by atoms with Crippen molar-refractivity contribution < 1.29 is 13.9 Å². The van der Waals surface area contributed by atoms with Gasteiger partial charge in [-0.2, -0.15) is 0 Å². The van der Waals surface area contributed by atoms with E-state index in [2.05, 4.69) is 5.32 Å². The molecule has 0 spiro atoms. The van der Waals surface area contributed by atoms with E-state index in [-0.39, 0.29) is 17.5 Å². The number of benzene rings is 2. The molecule has 0 bridgehead atoms. The normalized spacial score (nSPS) is 12.0. The third kappa shape index (κ3) is 5.20. The summed E-state index contributed by atoms with van der Waals surface area (Å²) >= 11 is 11.7. The van der Waals surface area contributed by atoms with Gasteiger partial charge in [0, 0.05) is 5.02 Å². The molecule has 1 unspecified atom stereocenters. The third-order valence-corrected chi connectivity index (χ3v) is 3.85. The molecular formula is C17H16Cl2FNO2. The first-order chi connectivity index (χ1) is 11.0. The molecule has 23 heavy (non-hydrogen) atoms. The maximum absolute atomic E-state index is 13.5. The van der Waals surface area contributed by atoms with Crippen LogP contribution in [0.3, 0.4) is 0 Å². The molecule has 2 aromatic rings. The second-order valence-electron chi connectivity index (χ2n) is 5.06. The first kappa shape index (κ1) is 17.7. The Morgan fingerprint density at radius 2 is 1.91 bits per heavy atom. The second kappa shape index (κ2) is 8.29. The van der Waals surface area contributed by atoms with Crippen LogP contribution in [0.15, 0.2) is 42.5 Å². The first-order valence-corrected chi connectivity index (χ1v) is 7.78. The fourth-order valence-corrected chi connectivity index (χ4v) is 2.61. The molecule has 0 fully saturated rings. The quantitative estimate of drug-likeness (QED) is 0.773. The van der Waals surface area contributed by atoms with Crippen molar-refractivity contribution in [2.75, 3.05) is 6.61 Å². The van der Waals surface area contributed by atoms with E-state index in [9.17, 15) is 9.18 Å². The van der Waals surface area contributed by atoms with Crippen molar-refractivity contribution in [3.05, 3.63) is 69.5 Å². The highest BCUT2D eigenvalue weighted by molar-refractivity contribution is 6.35. The Morgan fingerprint density at radius 3 is 2.61 bits per heavy atom. The van der Waals surface area contributed by atoms with Gasteiger partial charge < -0.3 is 10.1 Å². The van der Waals surface area contributed by atoms with Crippen LogP contribution in [0.25, 0.3) is 0 Å². The van der Waals surface area contributed by atoms with E-state index in [4.69, 9.17) is 27.9 Å². The van der Waals surface area contributed by atoms with Crippen molar-refractivity contribution in [1.29, 1.82) is 0 Å². The molecule has 0 aliphatic rings. The molecule has 0 radical (unpaired) electrons. The van der Waals surface area contributed by atoms with Crippen LogP contribution in [-0.4, -0.2) is 12.5 Å². The number of hydrogen-bond acceptors (Lipinski definition) is 2. The Labute approximate surface area is 144 Å². The van der Waals surface area contributed by atoms with Crippen LogP contribution < -0.4 is 5.32 Å². The van der Waals surface area contributed by atoms with E-state index < -0.39 is 11.9 Å². The lowest BCUT2D eigenvalue weighted by Crippen LogP contribution is -2.30. The number of rotatable bonds is 6. The average molecular weight is 356 g/mol. The maximum Gasteiger partial charge on any atom is 0.246 e. The summed E-state index contributed by atoms with van der Waals surface area (Å²) in [7, 11) is 0. The molecule has 2 rings (SSSR count). The summed E-state index contributed by atoms with van der Waals surface area (Å²) in [6.07, 6.45) is 0. The lowest BCUT2D eigenvalue weighted by molar-refractivity contribution is -0.126. The lowest BCUT2D eigenvalue weighted by atomic mass is 10.1. The zero-order chi connectivity index (χ0) is 16.8. The molecule has 1 N–H and O–H groups in total. The van der Waals surface area contributed by atoms with Crippen LogP contribution >= 0.6 is 23.2 Å². The fraction of sp³-hybridized carbons (Fsp3) is 0.235. The van der Waals surface area contributed by atoms with Crippen LogP contribution in [0.4, 0.5) is 4.39 Å². The van der Waals surface area contributed by atoms with Gasteiger partial charge in [0.2, 0.25) is 5.91 Å². The van der Waals surface area contributed by atoms with Crippen LogP contribution in [-0.2, 0) is 16.1 Å². The summed E-state index contributed by atoms with van der Waals surface area (Å²) < 4.78 is 18.9. The van der Waals surface area contributed by atoms with E-state index in [0.717, 1.165) is 5.56 Å². The van der Waals surface area contributed by atoms with Crippen LogP contribution in [0.2, 0.25) is 10.0 Å². The van der Waals surface area contributed by atoms with E-state index in [0.29, 0.717) is 17.2 Å². The molecule has 0 heterocycles. The molecule has 0 aromatic heterocycles. The van der Waals surface area contributed by atoms with Gasteiger partial charge in [-0.05, 0) is 30.2 Å². The van der Waals surface area contributed by atoms with Crippen molar-refractivity contribution in [1.82, 2.24) is 5.32 Å². The van der Waals surface area contributed by atoms with Crippen molar-refractivity contribution in [2.24, 2.45) is 0 Å². The number of amides is 1. The Bertz CT molecular complexity index is 680.